The minimum Gasteiger partial charge on any atom is -0.456 e. The van der Waals surface area contributed by atoms with Crippen LogP contribution in [0, 0.1) is 0 Å². The quantitative estimate of drug-likeness (QED) is 0.688. The molecule has 0 bridgehead atoms. The molecule has 32 heavy (non-hydrogen) atoms. The lowest BCUT2D eigenvalue weighted by molar-refractivity contribution is -0.117. The van der Waals surface area contributed by atoms with Gasteiger partial charge in [-0.2, -0.15) is 0 Å². The van der Waals surface area contributed by atoms with Gasteiger partial charge in [0.2, 0.25) is 5.91 Å². The Kier molecular flexibility index (Phi) is 5.64. The van der Waals surface area contributed by atoms with E-state index in [0.29, 0.717) is 35.4 Å². The number of nitrogens with one attached hydrogen (secondary N) is 1. The number of likely N-dealkylation sites (N-methyl/N-ethyl adjacent to an activating group) is 1. The van der Waals surface area contributed by atoms with Crippen LogP contribution in [0.4, 0.5) is 5.69 Å². The molecule has 6 heteroatoms. The zero-order valence-corrected chi connectivity index (χ0v) is 18.3. The molecular formula is C26H27N3O3. The summed E-state index contributed by atoms with van der Waals surface area (Å²) in [6.45, 7) is 4.08. The van der Waals surface area contributed by atoms with Crippen molar-refractivity contribution in [1.82, 2.24) is 9.80 Å². The van der Waals surface area contributed by atoms with Gasteiger partial charge in [0, 0.05) is 43.5 Å². The number of carbonyl (C=O) groups excluding carboxylic acids is 1. The Morgan fingerprint density at radius 1 is 1.06 bits per heavy atom. The SMILES string of the molecule is CN1CCN(CC(=O)Nc2ccc3c(=O)c4c(oc3c2)C(=Cc2ccccc2)CC4)CC1. The van der Waals surface area contributed by atoms with Gasteiger partial charge in [-0.3, -0.25) is 14.5 Å². The highest BCUT2D eigenvalue weighted by atomic mass is 16.3. The molecule has 6 nitrogen and oxygen atoms in total. The van der Waals surface area contributed by atoms with E-state index in [0.717, 1.165) is 49.3 Å². The number of piperazine rings is 1. The van der Waals surface area contributed by atoms with Crippen LogP contribution in [0.2, 0.25) is 0 Å². The topological polar surface area (TPSA) is 65.8 Å². The molecule has 1 N–H and O–H groups in total. The molecule has 2 aliphatic rings. The molecule has 1 saturated heterocycles. The number of fused-ring (bicyclic) bond motifs is 2. The molecule has 1 fully saturated rings. The Hall–Kier alpha value is -3.22. The van der Waals surface area contributed by atoms with Gasteiger partial charge in [-0.15, -0.1) is 0 Å². The summed E-state index contributed by atoms with van der Waals surface area (Å²) in [5.41, 5.74) is 4.04. The smallest absolute Gasteiger partial charge is 0.238 e. The van der Waals surface area contributed by atoms with Crippen LogP contribution in [0.15, 0.2) is 57.7 Å². The average molecular weight is 430 g/mol. The van der Waals surface area contributed by atoms with E-state index in [2.05, 4.69) is 28.2 Å². The average Bonchev–Trinajstić information content (AvgIpc) is 3.19. The third kappa shape index (κ3) is 4.24. The van der Waals surface area contributed by atoms with Crippen molar-refractivity contribution in [2.75, 3.05) is 45.1 Å². The van der Waals surface area contributed by atoms with E-state index in [-0.39, 0.29) is 11.3 Å². The normalized spacial score (nSPS) is 18.2. The molecule has 0 saturated carbocycles. The van der Waals surface area contributed by atoms with Crippen molar-refractivity contribution >= 4 is 34.2 Å². The lowest BCUT2D eigenvalue weighted by Crippen LogP contribution is -2.47. The standard InChI is InChI=1S/C26H27N3O3/c1-28-11-13-29(14-12-28)17-24(30)27-20-8-10-21-23(16-20)32-26-19(7-9-22(26)25(21)31)15-18-5-3-2-4-6-18/h2-6,8,10,15-16H,7,9,11-14,17H2,1H3,(H,27,30). The summed E-state index contributed by atoms with van der Waals surface area (Å²) in [7, 11) is 2.09. The first-order valence-electron chi connectivity index (χ1n) is 11.1. The number of amides is 1. The fraction of sp³-hybridized carbons (Fsp3) is 0.308. The lowest BCUT2D eigenvalue weighted by atomic mass is 10.1. The highest BCUT2D eigenvalue weighted by Gasteiger charge is 2.24. The van der Waals surface area contributed by atoms with Crippen molar-refractivity contribution in [3.63, 3.8) is 0 Å². The molecule has 1 amide bonds. The van der Waals surface area contributed by atoms with Crippen molar-refractivity contribution in [3.8, 4) is 0 Å². The number of allylic oxidation sites excluding steroid dienone is 1. The minimum atomic E-state index is -0.0536. The number of benzene rings is 2. The molecule has 0 atom stereocenters. The van der Waals surface area contributed by atoms with Crippen LogP contribution >= 0.6 is 0 Å². The van der Waals surface area contributed by atoms with E-state index < -0.39 is 0 Å². The molecule has 0 spiro atoms. The summed E-state index contributed by atoms with van der Waals surface area (Å²) in [4.78, 5) is 30.0. The molecule has 0 unspecified atom stereocenters. The van der Waals surface area contributed by atoms with Crippen molar-refractivity contribution in [2.45, 2.75) is 12.8 Å². The van der Waals surface area contributed by atoms with Crippen LogP contribution in [0.5, 0.6) is 0 Å². The number of hydrogen-bond donors (Lipinski definition) is 1. The molecule has 2 heterocycles. The highest BCUT2D eigenvalue weighted by molar-refractivity contribution is 5.95. The van der Waals surface area contributed by atoms with Gasteiger partial charge >= 0.3 is 0 Å². The van der Waals surface area contributed by atoms with Gasteiger partial charge in [0.1, 0.15) is 11.3 Å². The third-order valence-electron chi connectivity index (χ3n) is 6.31. The van der Waals surface area contributed by atoms with Gasteiger partial charge in [0.25, 0.3) is 0 Å². The fourth-order valence-electron chi connectivity index (χ4n) is 4.47. The van der Waals surface area contributed by atoms with Crippen LogP contribution in [0.25, 0.3) is 22.6 Å². The summed E-state index contributed by atoms with van der Waals surface area (Å²) < 4.78 is 6.22. The Balaban J connectivity index is 1.39. The predicted molar refractivity (Wildman–Crippen MR) is 128 cm³/mol. The van der Waals surface area contributed by atoms with Gasteiger partial charge in [-0.05, 0) is 49.2 Å². The monoisotopic (exact) mass is 429 g/mol. The zero-order chi connectivity index (χ0) is 22.1. The Labute approximate surface area is 187 Å². The van der Waals surface area contributed by atoms with Crippen molar-refractivity contribution < 1.29 is 9.21 Å². The van der Waals surface area contributed by atoms with Gasteiger partial charge in [-0.1, -0.05) is 30.3 Å². The predicted octanol–water partition coefficient (Wildman–Crippen LogP) is 3.47. The molecule has 3 aromatic rings. The molecule has 1 aromatic heterocycles. The van der Waals surface area contributed by atoms with Crippen molar-refractivity contribution in [2.24, 2.45) is 0 Å². The van der Waals surface area contributed by atoms with Crippen LogP contribution in [0.1, 0.15) is 23.3 Å². The van der Waals surface area contributed by atoms with Crippen LogP contribution < -0.4 is 10.7 Å². The van der Waals surface area contributed by atoms with Gasteiger partial charge < -0.3 is 14.6 Å². The molecule has 1 aliphatic heterocycles. The first-order valence-corrected chi connectivity index (χ1v) is 11.1. The van der Waals surface area contributed by atoms with Gasteiger partial charge in [-0.25, -0.2) is 0 Å². The van der Waals surface area contributed by atoms with Gasteiger partial charge in [0.15, 0.2) is 5.43 Å². The first-order chi connectivity index (χ1) is 15.6. The van der Waals surface area contributed by atoms with Gasteiger partial charge in [0.05, 0.1) is 11.9 Å². The largest absolute Gasteiger partial charge is 0.456 e. The summed E-state index contributed by atoms with van der Waals surface area (Å²) in [6, 6.07) is 15.4. The number of anilines is 1. The van der Waals surface area contributed by atoms with Crippen LogP contribution in [-0.4, -0.2) is 55.5 Å². The number of hydrogen-bond acceptors (Lipinski definition) is 5. The van der Waals surface area contributed by atoms with Crippen LogP contribution in [-0.2, 0) is 11.2 Å². The third-order valence-corrected chi connectivity index (χ3v) is 6.31. The van der Waals surface area contributed by atoms with E-state index in [1.54, 1.807) is 18.2 Å². The number of nitrogens with zero attached hydrogens (tertiary/aromatic N) is 2. The highest BCUT2D eigenvalue weighted by Crippen LogP contribution is 2.34. The van der Waals surface area contributed by atoms with E-state index in [1.165, 1.54) is 0 Å². The van der Waals surface area contributed by atoms with Crippen molar-refractivity contribution in [3.05, 3.63) is 75.6 Å². The maximum Gasteiger partial charge on any atom is 0.238 e. The second kappa shape index (κ2) is 8.73. The van der Waals surface area contributed by atoms with E-state index in [9.17, 15) is 9.59 Å². The number of carbonyl (C=O) groups is 1. The Morgan fingerprint density at radius 2 is 1.84 bits per heavy atom. The van der Waals surface area contributed by atoms with Crippen LogP contribution in [0.3, 0.4) is 0 Å². The Morgan fingerprint density at radius 3 is 2.62 bits per heavy atom. The minimum absolute atomic E-state index is 0.0213. The Bertz CT molecular complexity index is 1240. The summed E-state index contributed by atoms with van der Waals surface area (Å²) in [6.07, 6.45) is 3.56. The fourth-order valence-corrected chi connectivity index (χ4v) is 4.47. The molecule has 2 aromatic carbocycles. The molecular weight excluding hydrogens is 402 g/mol. The molecule has 5 rings (SSSR count). The summed E-state index contributed by atoms with van der Waals surface area (Å²) in [5.74, 6) is 0.620. The molecule has 0 radical (unpaired) electrons. The molecule has 164 valence electrons. The van der Waals surface area contributed by atoms with Crippen molar-refractivity contribution in [1.29, 1.82) is 0 Å². The second-order valence-corrected chi connectivity index (χ2v) is 8.66. The molecule has 1 aliphatic carbocycles. The lowest BCUT2D eigenvalue weighted by Gasteiger charge is -2.31. The maximum atomic E-state index is 13.1. The second-order valence-electron chi connectivity index (χ2n) is 8.66. The first kappa shape index (κ1) is 20.7. The summed E-state index contributed by atoms with van der Waals surface area (Å²) in [5, 5.41) is 3.52. The van der Waals surface area contributed by atoms with E-state index in [1.807, 2.05) is 30.3 Å². The van der Waals surface area contributed by atoms with E-state index in [4.69, 9.17) is 4.42 Å². The summed E-state index contributed by atoms with van der Waals surface area (Å²) >= 11 is 0. The zero-order valence-electron chi connectivity index (χ0n) is 18.3. The maximum absolute atomic E-state index is 13.1. The number of rotatable bonds is 4. The van der Waals surface area contributed by atoms with E-state index >= 15 is 0 Å².